The van der Waals surface area contributed by atoms with Gasteiger partial charge in [0.25, 0.3) is 0 Å². The van der Waals surface area contributed by atoms with E-state index in [9.17, 15) is 14.0 Å². The van der Waals surface area contributed by atoms with Crippen molar-refractivity contribution in [1.82, 2.24) is 15.6 Å². The highest BCUT2D eigenvalue weighted by Crippen LogP contribution is 2.19. The van der Waals surface area contributed by atoms with Gasteiger partial charge in [-0.25, -0.2) is 9.18 Å². The molecule has 0 saturated heterocycles. The monoisotopic (exact) mass is 398 g/mol. The average Bonchev–Trinajstić information content (AvgIpc) is 3.07. The summed E-state index contributed by atoms with van der Waals surface area (Å²) in [5.41, 5.74) is 2.46. The van der Waals surface area contributed by atoms with Gasteiger partial charge in [0, 0.05) is 42.3 Å². The van der Waals surface area contributed by atoms with Crippen molar-refractivity contribution < 1.29 is 18.7 Å². The van der Waals surface area contributed by atoms with Crippen molar-refractivity contribution in [1.29, 1.82) is 0 Å². The Labute approximate surface area is 167 Å². The van der Waals surface area contributed by atoms with Crippen LogP contribution in [0.1, 0.15) is 12.5 Å². The number of amides is 3. The van der Waals surface area contributed by atoms with Crippen molar-refractivity contribution in [3.8, 4) is 5.75 Å². The summed E-state index contributed by atoms with van der Waals surface area (Å²) in [5.74, 6) is 0.162. The van der Waals surface area contributed by atoms with Gasteiger partial charge in [-0.2, -0.15) is 0 Å². The SMILES string of the molecule is CC(=O)Nc1cccc(OCCNC(=O)NCCc2c[nH]c3ccc(F)cc23)c1. The maximum absolute atomic E-state index is 13.4. The molecule has 2 aromatic carbocycles. The Morgan fingerprint density at radius 1 is 1.10 bits per heavy atom. The molecule has 1 heterocycles. The Balaban J connectivity index is 1.36. The van der Waals surface area contributed by atoms with Gasteiger partial charge < -0.3 is 25.7 Å². The molecule has 152 valence electrons. The van der Waals surface area contributed by atoms with Gasteiger partial charge in [-0.1, -0.05) is 6.07 Å². The van der Waals surface area contributed by atoms with E-state index in [0.717, 1.165) is 16.5 Å². The molecule has 1 aromatic heterocycles. The van der Waals surface area contributed by atoms with Crippen LogP contribution in [-0.2, 0) is 11.2 Å². The molecule has 0 fully saturated rings. The third-order valence-corrected chi connectivity index (χ3v) is 4.22. The number of ether oxygens (including phenoxy) is 1. The molecule has 0 aliphatic heterocycles. The minimum Gasteiger partial charge on any atom is -0.492 e. The van der Waals surface area contributed by atoms with E-state index in [-0.39, 0.29) is 17.8 Å². The maximum Gasteiger partial charge on any atom is 0.314 e. The van der Waals surface area contributed by atoms with Gasteiger partial charge in [-0.15, -0.1) is 0 Å². The van der Waals surface area contributed by atoms with E-state index in [1.807, 2.05) is 6.20 Å². The second-order valence-corrected chi connectivity index (χ2v) is 6.49. The predicted molar refractivity (Wildman–Crippen MR) is 110 cm³/mol. The number of urea groups is 1. The number of nitrogens with one attached hydrogen (secondary N) is 4. The molecule has 3 amide bonds. The minimum atomic E-state index is -0.299. The lowest BCUT2D eigenvalue weighted by Crippen LogP contribution is -2.38. The molecule has 8 heteroatoms. The van der Waals surface area contributed by atoms with Crippen molar-refractivity contribution in [2.75, 3.05) is 25.0 Å². The molecule has 0 saturated carbocycles. The number of rotatable bonds is 8. The van der Waals surface area contributed by atoms with Crippen molar-refractivity contribution in [3.05, 3.63) is 60.0 Å². The fourth-order valence-corrected chi connectivity index (χ4v) is 2.93. The predicted octanol–water partition coefficient (Wildman–Crippen LogP) is 3.19. The van der Waals surface area contributed by atoms with E-state index in [4.69, 9.17) is 4.74 Å². The molecule has 0 radical (unpaired) electrons. The Morgan fingerprint density at radius 3 is 2.76 bits per heavy atom. The zero-order valence-electron chi connectivity index (χ0n) is 16.0. The summed E-state index contributed by atoms with van der Waals surface area (Å²) < 4.78 is 19.0. The quantitative estimate of drug-likeness (QED) is 0.439. The molecular formula is C21H23FN4O3. The number of aromatic nitrogens is 1. The number of hydrogen-bond donors (Lipinski definition) is 4. The van der Waals surface area contributed by atoms with Gasteiger partial charge in [-0.05, 0) is 42.3 Å². The zero-order valence-corrected chi connectivity index (χ0v) is 16.0. The standard InChI is InChI=1S/C21H23FN4O3/c1-14(27)26-17-3-2-4-18(12-17)29-10-9-24-21(28)23-8-7-15-13-25-20-6-5-16(22)11-19(15)20/h2-6,11-13,25H,7-10H2,1H3,(H,26,27)(H2,23,24,28). The van der Waals surface area contributed by atoms with Gasteiger partial charge in [0.05, 0.1) is 6.54 Å². The Hall–Kier alpha value is -3.55. The number of anilines is 1. The summed E-state index contributed by atoms with van der Waals surface area (Å²) in [7, 11) is 0. The summed E-state index contributed by atoms with van der Waals surface area (Å²) >= 11 is 0. The van der Waals surface area contributed by atoms with Crippen molar-refractivity contribution >= 4 is 28.5 Å². The van der Waals surface area contributed by atoms with Crippen LogP contribution in [0.2, 0.25) is 0 Å². The maximum atomic E-state index is 13.4. The summed E-state index contributed by atoms with van der Waals surface area (Å²) in [4.78, 5) is 26.0. The van der Waals surface area contributed by atoms with Crippen LogP contribution in [0.5, 0.6) is 5.75 Å². The fraction of sp³-hybridized carbons (Fsp3) is 0.238. The Bertz CT molecular complexity index is 1000. The number of fused-ring (bicyclic) bond motifs is 1. The summed E-state index contributed by atoms with van der Waals surface area (Å²) in [6.45, 7) is 2.48. The number of carbonyl (C=O) groups excluding carboxylic acids is 2. The Kier molecular flexibility index (Phi) is 6.67. The van der Waals surface area contributed by atoms with E-state index in [0.29, 0.717) is 37.6 Å². The van der Waals surface area contributed by atoms with Gasteiger partial charge in [0.2, 0.25) is 5.91 Å². The zero-order chi connectivity index (χ0) is 20.6. The van der Waals surface area contributed by atoms with Crippen LogP contribution in [0, 0.1) is 5.82 Å². The number of hydrogen-bond acceptors (Lipinski definition) is 3. The molecule has 3 rings (SSSR count). The van der Waals surface area contributed by atoms with Crippen LogP contribution in [0.3, 0.4) is 0 Å². The van der Waals surface area contributed by atoms with Gasteiger partial charge in [0.15, 0.2) is 0 Å². The highest BCUT2D eigenvalue weighted by molar-refractivity contribution is 5.88. The van der Waals surface area contributed by atoms with E-state index in [1.165, 1.54) is 19.1 Å². The number of carbonyl (C=O) groups is 2. The van der Waals surface area contributed by atoms with Crippen LogP contribution in [0.15, 0.2) is 48.7 Å². The molecule has 0 spiro atoms. The Morgan fingerprint density at radius 2 is 1.93 bits per heavy atom. The van der Waals surface area contributed by atoms with Crippen LogP contribution < -0.4 is 20.7 Å². The molecule has 0 unspecified atom stereocenters. The van der Waals surface area contributed by atoms with E-state index < -0.39 is 0 Å². The third kappa shape index (κ3) is 5.97. The third-order valence-electron chi connectivity index (χ3n) is 4.22. The van der Waals surface area contributed by atoms with Gasteiger partial charge in [-0.3, -0.25) is 4.79 Å². The second kappa shape index (κ2) is 9.59. The number of benzene rings is 2. The number of aromatic amines is 1. The van der Waals surface area contributed by atoms with E-state index >= 15 is 0 Å². The summed E-state index contributed by atoms with van der Waals surface area (Å²) in [6.07, 6.45) is 2.41. The van der Waals surface area contributed by atoms with E-state index in [2.05, 4.69) is 20.9 Å². The molecule has 7 nitrogen and oxygen atoms in total. The molecule has 4 N–H and O–H groups in total. The molecule has 3 aromatic rings. The molecule has 0 atom stereocenters. The summed E-state index contributed by atoms with van der Waals surface area (Å²) in [5, 5.41) is 8.98. The molecule has 0 aliphatic rings. The van der Waals surface area contributed by atoms with Crippen LogP contribution in [-0.4, -0.2) is 36.6 Å². The van der Waals surface area contributed by atoms with Crippen LogP contribution in [0.25, 0.3) is 10.9 Å². The second-order valence-electron chi connectivity index (χ2n) is 6.49. The van der Waals surface area contributed by atoms with Gasteiger partial charge >= 0.3 is 6.03 Å². The van der Waals surface area contributed by atoms with Gasteiger partial charge in [0.1, 0.15) is 18.2 Å². The highest BCUT2D eigenvalue weighted by atomic mass is 19.1. The lowest BCUT2D eigenvalue weighted by Gasteiger charge is -2.10. The van der Waals surface area contributed by atoms with Crippen LogP contribution in [0.4, 0.5) is 14.9 Å². The van der Waals surface area contributed by atoms with Crippen LogP contribution >= 0.6 is 0 Å². The first kappa shape index (κ1) is 20.2. The van der Waals surface area contributed by atoms with Crippen molar-refractivity contribution in [2.45, 2.75) is 13.3 Å². The first-order valence-electron chi connectivity index (χ1n) is 9.29. The highest BCUT2D eigenvalue weighted by Gasteiger charge is 2.06. The summed E-state index contributed by atoms with van der Waals surface area (Å²) in [6, 6.07) is 11.3. The smallest absolute Gasteiger partial charge is 0.314 e. The number of H-pyrrole nitrogens is 1. The average molecular weight is 398 g/mol. The lowest BCUT2D eigenvalue weighted by atomic mass is 10.1. The van der Waals surface area contributed by atoms with E-state index in [1.54, 1.807) is 30.3 Å². The largest absolute Gasteiger partial charge is 0.492 e. The topological polar surface area (TPSA) is 95.2 Å². The van der Waals surface area contributed by atoms with Crippen molar-refractivity contribution in [2.24, 2.45) is 0 Å². The molecule has 29 heavy (non-hydrogen) atoms. The molecule has 0 bridgehead atoms. The van der Waals surface area contributed by atoms with Crippen molar-refractivity contribution in [3.63, 3.8) is 0 Å². The normalized spacial score (nSPS) is 10.6. The first-order chi connectivity index (χ1) is 14.0. The molecule has 0 aliphatic carbocycles. The molecular weight excluding hydrogens is 375 g/mol. The first-order valence-corrected chi connectivity index (χ1v) is 9.29. The lowest BCUT2D eigenvalue weighted by molar-refractivity contribution is -0.114. The fourth-order valence-electron chi connectivity index (χ4n) is 2.93. The number of halogens is 1. The minimum absolute atomic E-state index is 0.154.